The number of nitrogens with two attached hydrogens (primary N) is 1. The number of nitrogens with one attached hydrogen (secondary N) is 1. The lowest BCUT2D eigenvalue weighted by atomic mass is 10.2. The van der Waals surface area contributed by atoms with Crippen LogP contribution in [0.2, 0.25) is 10.0 Å². The van der Waals surface area contributed by atoms with Gasteiger partial charge in [-0.3, -0.25) is 0 Å². The number of hydrogen-bond donors (Lipinski definition) is 2. The zero-order valence-electron chi connectivity index (χ0n) is 11.6. The average molecular weight is 352 g/mol. The molecule has 118 valence electrons. The molecule has 8 heteroatoms. The highest BCUT2D eigenvalue weighted by atomic mass is 35.5. The number of amides is 2. The fourth-order valence-electron chi connectivity index (χ4n) is 1.61. The molecule has 6 nitrogen and oxygen atoms in total. The van der Waals surface area contributed by atoms with Crippen molar-refractivity contribution in [1.29, 1.82) is 0 Å². The minimum atomic E-state index is -0.758. The molecule has 0 aliphatic rings. The normalized spacial score (nSPS) is 10.5. The van der Waals surface area contributed by atoms with Gasteiger partial charge < -0.3 is 10.5 Å². The van der Waals surface area contributed by atoms with E-state index in [1.165, 1.54) is 18.3 Å². The minimum absolute atomic E-state index is 0.212. The van der Waals surface area contributed by atoms with Gasteiger partial charge in [0.15, 0.2) is 0 Å². The van der Waals surface area contributed by atoms with E-state index in [-0.39, 0.29) is 10.6 Å². The topological polar surface area (TPSA) is 93.8 Å². The molecule has 23 heavy (non-hydrogen) atoms. The molecule has 0 heterocycles. The summed E-state index contributed by atoms with van der Waals surface area (Å²) in [5.41, 5.74) is 7.84. The first-order valence-corrected chi connectivity index (χ1v) is 7.07. The molecular formula is C15H11Cl2N3O3. The Morgan fingerprint density at radius 1 is 1.13 bits per heavy atom. The second-order valence-corrected chi connectivity index (χ2v) is 5.16. The zero-order valence-corrected chi connectivity index (χ0v) is 13.1. The van der Waals surface area contributed by atoms with Gasteiger partial charge in [-0.1, -0.05) is 23.2 Å². The van der Waals surface area contributed by atoms with Crippen LogP contribution in [-0.4, -0.2) is 18.2 Å². The molecule has 0 radical (unpaired) electrons. The van der Waals surface area contributed by atoms with E-state index in [0.29, 0.717) is 16.3 Å². The van der Waals surface area contributed by atoms with Crippen molar-refractivity contribution in [1.82, 2.24) is 5.43 Å². The largest absolute Gasteiger partial charge is 0.423 e. The highest BCUT2D eigenvalue weighted by Crippen LogP contribution is 2.22. The molecule has 0 saturated carbocycles. The summed E-state index contributed by atoms with van der Waals surface area (Å²) in [7, 11) is 0. The van der Waals surface area contributed by atoms with Crippen LogP contribution < -0.4 is 15.9 Å². The molecule has 2 rings (SSSR count). The van der Waals surface area contributed by atoms with E-state index in [2.05, 4.69) is 10.5 Å². The second-order valence-electron chi connectivity index (χ2n) is 4.32. The van der Waals surface area contributed by atoms with Gasteiger partial charge in [-0.25, -0.2) is 15.0 Å². The molecule has 0 fully saturated rings. The first-order valence-electron chi connectivity index (χ1n) is 6.31. The molecule has 0 aliphatic heterocycles. The summed E-state index contributed by atoms with van der Waals surface area (Å²) in [6, 6.07) is 10.2. The SMILES string of the molecule is NC(=O)N/N=C/c1ccc(OC(=O)c2ccc(Cl)cc2Cl)cc1. The first kappa shape index (κ1) is 16.8. The molecule has 0 saturated heterocycles. The number of hydrazone groups is 1. The standard InChI is InChI=1S/C15H11Cl2N3O3/c16-10-3-6-12(13(17)7-10)14(21)23-11-4-1-9(2-5-11)8-19-20-15(18)22/h1-8H,(H3,18,20,22)/b19-8+. The van der Waals surface area contributed by atoms with E-state index in [4.69, 9.17) is 33.7 Å². The maximum absolute atomic E-state index is 12.0. The number of ether oxygens (including phenoxy) is 1. The smallest absolute Gasteiger partial charge is 0.345 e. The van der Waals surface area contributed by atoms with Crippen LogP contribution in [0.3, 0.4) is 0 Å². The molecule has 0 aliphatic carbocycles. The Morgan fingerprint density at radius 3 is 2.43 bits per heavy atom. The zero-order chi connectivity index (χ0) is 16.8. The Morgan fingerprint density at radius 2 is 1.83 bits per heavy atom. The van der Waals surface area contributed by atoms with Crippen molar-refractivity contribution in [3.05, 3.63) is 63.6 Å². The number of carbonyl (C=O) groups excluding carboxylic acids is 2. The summed E-state index contributed by atoms with van der Waals surface area (Å²) < 4.78 is 5.22. The van der Waals surface area contributed by atoms with Gasteiger partial charge in [0, 0.05) is 5.02 Å². The van der Waals surface area contributed by atoms with Crippen LogP contribution in [0.1, 0.15) is 15.9 Å². The molecule has 0 unspecified atom stereocenters. The summed E-state index contributed by atoms with van der Waals surface area (Å²) in [4.78, 5) is 22.5. The fourth-order valence-corrected chi connectivity index (χ4v) is 2.10. The summed E-state index contributed by atoms with van der Waals surface area (Å²) >= 11 is 11.7. The third-order valence-electron chi connectivity index (χ3n) is 2.63. The molecule has 0 aromatic heterocycles. The van der Waals surface area contributed by atoms with Gasteiger partial charge >= 0.3 is 12.0 Å². The number of urea groups is 1. The number of hydrogen-bond acceptors (Lipinski definition) is 4. The predicted molar refractivity (Wildman–Crippen MR) is 88.2 cm³/mol. The third-order valence-corrected chi connectivity index (χ3v) is 3.18. The Kier molecular flexibility index (Phi) is 5.56. The quantitative estimate of drug-likeness (QED) is 0.383. The molecule has 3 N–H and O–H groups in total. The van der Waals surface area contributed by atoms with Gasteiger partial charge in [0.05, 0.1) is 16.8 Å². The van der Waals surface area contributed by atoms with E-state index in [1.54, 1.807) is 30.3 Å². The van der Waals surface area contributed by atoms with Crippen molar-refractivity contribution in [2.45, 2.75) is 0 Å². The molecule has 0 atom stereocenters. The molecule has 0 bridgehead atoms. The van der Waals surface area contributed by atoms with E-state index < -0.39 is 12.0 Å². The van der Waals surface area contributed by atoms with E-state index in [0.717, 1.165) is 0 Å². The van der Waals surface area contributed by atoms with Gasteiger partial charge in [-0.15, -0.1) is 0 Å². The van der Waals surface area contributed by atoms with Crippen LogP contribution in [0.4, 0.5) is 4.79 Å². The molecule has 0 spiro atoms. The molecular weight excluding hydrogens is 341 g/mol. The molecule has 2 aromatic carbocycles. The van der Waals surface area contributed by atoms with Crippen LogP contribution in [-0.2, 0) is 0 Å². The average Bonchev–Trinajstić information content (AvgIpc) is 2.48. The number of nitrogens with zero attached hydrogens (tertiary/aromatic N) is 1. The number of rotatable bonds is 4. The Bertz CT molecular complexity index is 761. The monoisotopic (exact) mass is 351 g/mol. The van der Waals surface area contributed by atoms with Crippen molar-refractivity contribution in [3.63, 3.8) is 0 Å². The Labute approximate surface area is 141 Å². The maximum Gasteiger partial charge on any atom is 0.345 e. The molecule has 2 amide bonds. The van der Waals surface area contributed by atoms with Crippen LogP contribution >= 0.6 is 23.2 Å². The van der Waals surface area contributed by atoms with Crippen molar-refractivity contribution < 1.29 is 14.3 Å². The lowest BCUT2D eigenvalue weighted by Crippen LogP contribution is -2.24. The lowest BCUT2D eigenvalue weighted by molar-refractivity contribution is 0.0735. The number of halogens is 2. The minimum Gasteiger partial charge on any atom is -0.423 e. The van der Waals surface area contributed by atoms with Crippen molar-refractivity contribution in [3.8, 4) is 5.75 Å². The lowest BCUT2D eigenvalue weighted by Gasteiger charge is -2.06. The van der Waals surface area contributed by atoms with Crippen LogP contribution in [0, 0.1) is 0 Å². The first-order chi connectivity index (χ1) is 11.0. The number of esters is 1. The van der Waals surface area contributed by atoms with Crippen LogP contribution in [0.25, 0.3) is 0 Å². The van der Waals surface area contributed by atoms with Crippen molar-refractivity contribution in [2.75, 3.05) is 0 Å². The van der Waals surface area contributed by atoms with Crippen molar-refractivity contribution >= 4 is 41.4 Å². The summed E-state index contributed by atoms with van der Waals surface area (Å²) in [6.07, 6.45) is 1.40. The van der Waals surface area contributed by atoms with Gasteiger partial charge in [0.25, 0.3) is 0 Å². The summed E-state index contributed by atoms with van der Waals surface area (Å²) in [5, 5.41) is 4.25. The summed E-state index contributed by atoms with van der Waals surface area (Å²) in [6.45, 7) is 0. The van der Waals surface area contributed by atoms with Crippen LogP contribution in [0.5, 0.6) is 5.75 Å². The second kappa shape index (κ2) is 7.62. The van der Waals surface area contributed by atoms with E-state index in [9.17, 15) is 9.59 Å². The summed E-state index contributed by atoms with van der Waals surface area (Å²) in [5.74, 6) is -0.260. The predicted octanol–water partition coefficient (Wildman–Crippen LogP) is 3.21. The van der Waals surface area contributed by atoms with Gasteiger partial charge in [0.2, 0.25) is 0 Å². The van der Waals surface area contributed by atoms with E-state index in [1.807, 2.05) is 0 Å². The number of benzene rings is 2. The number of carbonyl (C=O) groups is 2. The fraction of sp³-hybridized carbons (Fsp3) is 0. The third kappa shape index (κ3) is 4.98. The molecule has 2 aromatic rings. The van der Waals surface area contributed by atoms with E-state index >= 15 is 0 Å². The highest BCUT2D eigenvalue weighted by Gasteiger charge is 2.13. The Balaban J connectivity index is 2.04. The maximum atomic E-state index is 12.0. The highest BCUT2D eigenvalue weighted by molar-refractivity contribution is 6.36. The Hall–Kier alpha value is -2.57. The van der Waals surface area contributed by atoms with Gasteiger partial charge in [-0.05, 0) is 48.0 Å². The van der Waals surface area contributed by atoms with Crippen LogP contribution in [0.15, 0.2) is 47.6 Å². The van der Waals surface area contributed by atoms with Crippen molar-refractivity contribution in [2.24, 2.45) is 10.8 Å². The van der Waals surface area contributed by atoms with Gasteiger partial charge in [0.1, 0.15) is 5.75 Å². The van der Waals surface area contributed by atoms with Gasteiger partial charge in [-0.2, -0.15) is 5.10 Å². The number of primary amides is 1.